The van der Waals surface area contributed by atoms with Crippen molar-refractivity contribution in [3.63, 3.8) is 0 Å². The van der Waals surface area contributed by atoms with E-state index in [0.717, 1.165) is 12.0 Å². The highest BCUT2D eigenvalue weighted by molar-refractivity contribution is 7.10. The number of hydrogen-bond acceptors (Lipinski definition) is 3. The number of hydrogen-bond donors (Lipinski definition) is 1. The van der Waals surface area contributed by atoms with Crippen LogP contribution in [0.1, 0.15) is 23.0 Å². The van der Waals surface area contributed by atoms with E-state index < -0.39 is 0 Å². The monoisotopic (exact) mass is 198 g/mol. The summed E-state index contributed by atoms with van der Waals surface area (Å²) in [5.74, 6) is 0.318. The summed E-state index contributed by atoms with van der Waals surface area (Å²) in [7, 11) is 1.71. The third kappa shape index (κ3) is 1.64. The van der Waals surface area contributed by atoms with Gasteiger partial charge in [-0.2, -0.15) is 0 Å². The number of methoxy groups -OCH3 is 1. The highest BCUT2D eigenvalue weighted by atomic mass is 32.1. The molecule has 0 saturated heterocycles. The molecule has 3 heteroatoms. The molecule has 0 aromatic carbocycles. The van der Waals surface area contributed by atoms with Gasteiger partial charge < -0.3 is 9.84 Å². The first-order chi connectivity index (χ1) is 6.24. The summed E-state index contributed by atoms with van der Waals surface area (Å²) in [5, 5.41) is 12.0. The first-order valence-corrected chi connectivity index (χ1v) is 5.37. The lowest BCUT2D eigenvalue weighted by Crippen LogP contribution is -2.04. The quantitative estimate of drug-likeness (QED) is 0.806. The van der Waals surface area contributed by atoms with E-state index in [9.17, 15) is 5.11 Å². The van der Waals surface area contributed by atoms with Gasteiger partial charge in [0.15, 0.2) is 0 Å². The van der Waals surface area contributed by atoms with Gasteiger partial charge in [0, 0.05) is 17.9 Å². The molecule has 1 aliphatic carbocycles. The maximum absolute atomic E-state index is 9.96. The first kappa shape index (κ1) is 9.19. The van der Waals surface area contributed by atoms with Gasteiger partial charge in [0.05, 0.1) is 12.2 Å². The second-order valence-corrected chi connectivity index (χ2v) is 4.67. The Bertz CT molecular complexity index is 295. The van der Waals surface area contributed by atoms with Gasteiger partial charge in [0.2, 0.25) is 0 Å². The van der Waals surface area contributed by atoms with Gasteiger partial charge in [-0.25, -0.2) is 0 Å². The van der Waals surface area contributed by atoms with E-state index in [1.165, 1.54) is 4.88 Å². The minimum atomic E-state index is -0.323. The van der Waals surface area contributed by atoms with Crippen molar-refractivity contribution in [2.24, 2.45) is 5.92 Å². The Hall–Kier alpha value is -0.380. The second-order valence-electron chi connectivity index (χ2n) is 3.55. The molecule has 3 atom stereocenters. The summed E-state index contributed by atoms with van der Waals surface area (Å²) >= 11 is 1.69. The Labute approximate surface area is 82.2 Å². The SMILES string of the molecule is COC1CC1C(O)c1ccsc1C. The van der Waals surface area contributed by atoms with Crippen molar-refractivity contribution in [2.75, 3.05) is 7.11 Å². The van der Waals surface area contributed by atoms with Crippen LogP contribution in [-0.4, -0.2) is 18.3 Å². The summed E-state index contributed by atoms with van der Waals surface area (Å²) in [4.78, 5) is 1.22. The predicted molar refractivity (Wildman–Crippen MR) is 52.9 cm³/mol. The first-order valence-electron chi connectivity index (χ1n) is 4.49. The van der Waals surface area contributed by atoms with Crippen LogP contribution in [0.2, 0.25) is 0 Å². The van der Waals surface area contributed by atoms with Crippen molar-refractivity contribution in [1.82, 2.24) is 0 Å². The van der Waals surface area contributed by atoms with Crippen LogP contribution in [0.25, 0.3) is 0 Å². The summed E-state index contributed by atoms with van der Waals surface area (Å²) in [5.41, 5.74) is 1.08. The number of aliphatic hydroxyl groups is 1. The van der Waals surface area contributed by atoms with Crippen molar-refractivity contribution >= 4 is 11.3 Å². The van der Waals surface area contributed by atoms with Crippen LogP contribution >= 0.6 is 11.3 Å². The lowest BCUT2D eigenvalue weighted by atomic mass is 10.1. The Morgan fingerprint density at radius 3 is 2.92 bits per heavy atom. The minimum Gasteiger partial charge on any atom is -0.388 e. The zero-order chi connectivity index (χ0) is 9.42. The number of ether oxygens (including phenoxy) is 1. The second kappa shape index (κ2) is 3.40. The average molecular weight is 198 g/mol. The van der Waals surface area contributed by atoms with Crippen LogP contribution in [-0.2, 0) is 4.74 Å². The summed E-state index contributed by atoms with van der Waals surface area (Å²) in [6.07, 6.45) is 0.943. The maximum atomic E-state index is 9.96. The van der Waals surface area contributed by atoms with E-state index in [1.807, 2.05) is 18.4 Å². The molecule has 2 rings (SSSR count). The average Bonchev–Trinajstić information content (AvgIpc) is 2.80. The molecule has 1 aliphatic rings. The Morgan fingerprint density at radius 1 is 1.69 bits per heavy atom. The third-order valence-electron chi connectivity index (χ3n) is 2.70. The van der Waals surface area contributed by atoms with E-state index in [4.69, 9.17) is 4.74 Å². The van der Waals surface area contributed by atoms with Crippen molar-refractivity contribution in [2.45, 2.75) is 25.6 Å². The molecular formula is C10H14O2S. The fraction of sp³-hybridized carbons (Fsp3) is 0.600. The van der Waals surface area contributed by atoms with Gasteiger partial charge in [-0.05, 0) is 30.4 Å². The molecule has 1 saturated carbocycles. The Kier molecular flexibility index (Phi) is 2.41. The predicted octanol–water partition coefficient (Wildman–Crippen LogP) is 2.12. The largest absolute Gasteiger partial charge is 0.388 e. The van der Waals surface area contributed by atoms with Crippen LogP contribution in [0, 0.1) is 12.8 Å². The maximum Gasteiger partial charge on any atom is 0.0854 e. The molecule has 1 heterocycles. The molecule has 0 amide bonds. The molecule has 0 radical (unpaired) electrons. The van der Waals surface area contributed by atoms with Crippen LogP contribution < -0.4 is 0 Å². The molecule has 1 aromatic heterocycles. The fourth-order valence-corrected chi connectivity index (χ4v) is 2.47. The molecule has 1 N–H and O–H groups in total. The van der Waals surface area contributed by atoms with Gasteiger partial charge in [-0.1, -0.05) is 0 Å². The van der Waals surface area contributed by atoms with Gasteiger partial charge >= 0.3 is 0 Å². The van der Waals surface area contributed by atoms with E-state index >= 15 is 0 Å². The smallest absolute Gasteiger partial charge is 0.0854 e. The van der Waals surface area contributed by atoms with E-state index in [-0.39, 0.29) is 12.2 Å². The molecule has 0 bridgehead atoms. The van der Waals surface area contributed by atoms with Crippen molar-refractivity contribution < 1.29 is 9.84 Å². The van der Waals surface area contributed by atoms with Gasteiger partial charge in [0.1, 0.15) is 0 Å². The number of thiophene rings is 1. The van der Waals surface area contributed by atoms with Crippen LogP contribution in [0.4, 0.5) is 0 Å². The normalized spacial score (nSPS) is 28.8. The molecule has 1 fully saturated rings. The zero-order valence-electron chi connectivity index (χ0n) is 7.86. The lowest BCUT2D eigenvalue weighted by molar-refractivity contribution is 0.102. The van der Waals surface area contributed by atoms with Crippen LogP contribution in [0.5, 0.6) is 0 Å². The van der Waals surface area contributed by atoms with Crippen molar-refractivity contribution in [3.05, 3.63) is 21.9 Å². The molecule has 2 nitrogen and oxygen atoms in total. The lowest BCUT2D eigenvalue weighted by Gasteiger charge is -2.09. The molecule has 3 unspecified atom stereocenters. The highest BCUT2D eigenvalue weighted by Gasteiger charge is 2.43. The van der Waals surface area contributed by atoms with Crippen LogP contribution in [0.15, 0.2) is 11.4 Å². The van der Waals surface area contributed by atoms with Crippen LogP contribution in [0.3, 0.4) is 0 Å². The summed E-state index contributed by atoms with van der Waals surface area (Å²) < 4.78 is 5.18. The van der Waals surface area contributed by atoms with Crippen molar-refractivity contribution in [3.8, 4) is 0 Å². The molecular weight excluding hydrogens is 184 g/mol. The topological polar surface area (TPSA) is 29.5 Å². The van der Waals surface area contributed by atoms with E-state index in [0.29, 0.717) is 5.92 Å². The Morgan fingerprint density at radius 2 is 2.46 bits per heavy atom. The molecule has 0 aliphatic heterocycles. The van der Waals surface area contributed by atoms with E-state index in [1.54, 1.807) is 18.4 Å². The molecule has 72 valence electrons. The summed E-state index contributed by atoms with van der Waals surface area (Å²) in [6.45, 7) is 2.05. The molecule has 0 spiro atoms. The van der Waals surface area contributed by atoms with Gasteiger partial charge in [-0.15, -0.1) is 11.3 Å². The van der Waals surface area contributed by atoms with E-state index in [2.05, 4.69) is 0 Å². The Balaban J connectivity index is 2.06. The number of rotatable bonds is 3. The summed E-state index contributed by atoms with van der Waals surface area (Å²) in [6, 6.07) is 2.01. The molecule has 1 aromatic rings. The number of aryl methyl sites for hydroxylation is 1. The highest BCUT2D eigenvalue weighted by Crippen LogP contribution is 2.44. The van der Waals surface area contributed by atoms with Gasteiger partial charge in [0.25, 0.3) is 0 Å². The van der Waals surface area contributed by atoms with Gasteiger partial charge in [-0.3, -0.25) is 0 Å². The third-order valence-corrected chi connectivity index (χ3v) is 3.57. The molecule has 13 heavy (non-hydrogen) atoms. The van der Waals surface area contributed by atoms with Crippen molar-refractivity contribution in [1.29, 1.82) is 0 Å². The number of aliphatic hydroxyl groups excluding tert-OH is 1. The minimum absolute atomic E-state index is 0.272. The zero-order valence-corrected chi connectivity index (χ0v) is 8.67. The fourth-order valence-electron chi connectivity index (χ4n) is 1.73. The standard InChI is InChI=1S/C10H14O2S/c1-6-7(3-4-13-6)10(11)8-5-9(8)12-2/h3-4,8-11H,5H2,1-2H3.